The van der Waals surface area contributed by atoms with Gasteiger partial charge in [-0.05, 0) is 23.8 Å². The normalized spacial score (nSPS) is 12.0. The predicted octanol–water partition coefficient (Wildman–Crippen LogP) is 2.04. The molecule has 7 nitrogen and oxygen atoms in total. The zero-order valence-corrected chi connectivity index (χ0v) is 15.1. The second-order valence-corrected chi connectivity index (χ2v) is 6.49. The lowest BCUT2D eigenvalue weighted by Gasteiger charge is -2.21. The van der Waals surface area contributed by atoms with E-state index in [-0.39, 0.29) is 11.8 Å². The van der Waals surface area contributed by atoms with Crippen molar-refractivity contribution in [1.29, 1.82) is 0 Å². The predicted molar refractivity (Wildman–Crippen MR) is 99.0 cm³/mol. The van der Waals surface area contributed by atoms with Crippen LogP contribution in [0.4, 0.5) is 0 Å². The number of nitrogens with zero attached hydrogens (tertiary/aromatic N) is 3. The number of likely N-dealkylation sites (N-methyl/N-ethyl adjacent to an activating group) is 1. The maximum Gasteiger partial charge on any atom is 0.268 e. The lowest BCUT2D eigenvalue weighted by molar-refractivity contribution is -0.130. The van der Waals surface area contributed by atoms with Gasteiger partial charge in [-0.25, -0.2) is 4.98 Å². The fourth-order valence-electron chi connectivity index (χ4n) is 2.63. The Morgan fingerprint density at radius 1 is 1.31 bits per heavy atom. The number of H-pyrrole nitrogens is 1. The van der Waals surface area contributed by atoms with E-state index in [1.807, 2.05) is 6.07 Å². The number of hydrogen-bond donors (Lipinski definition) is 2. The van der Waals surface area contributed by atoms with Crippen LogP contribution in [0.5, 0.6) is 0 Å². The van der Waals surface area contributed by atoms with E-state index in [0.29, 0.717) is 22.8 Å². The van der Waals surface area contributed by atoms with Crippen LogP contribution in [0.15, 0.2) is 42.9 Å². The van der Waals surface area contributed by atoms with E-state index >= 15 is 0 Å². The first-order chi connectivity index (χ1) is 12.4. The second kappa shape index (κ2) is 7.53. The average Bonchev–Trinajstić information content (AvgIpc) is 3.04. The number of hydrogen-bond acceptors (Lipinski definition) is 4. The van der Waals surface area contributed by atoms with Crippen LogP contribution in [0.25, 0.3) is 10.9 Å². The molecule has 1 unspecified atom stereocenters. The van der Waals surface area contributed by atoms with Crippen molar-refractivity contribution in [2.45, 2.75) is 12.5 Å². The van der Waals surface area contributed by atoms with Gasteiger partial charge in [0.1, 0.15) is 16.9 Å². The Morgan fingerprint density at radius 2 is 2.12 bits per heavy atom. The number of carbonyl (C=O) groups excluding carboxylic acids is 2. The largest absolute Gasteiger partial charge is 0.349 e. The van der Waals surface area contributed by atoms with Gasteiger partial charge in [-0.2, -0.15) is 0 Å². The van der Waals surface area contributed by atoms with Crippen LogP contribution >= 0.6 is 11.6 Å². The Bertz CT molecular complexity index is 939. The Balaban J connectivity index is 1.82. The van der Waals surface area contributed by atoms with Gasteiger partial charge in [-0.15, -0.1) is 0 Å². The van der Waals surface area contributed by atoms with Gasteiger partial charge in [0.2, 0.25) is 5.91 Å². The van der Waals surface area contributed by atoms with Crippen LogP contribution in [-0.4, -0.2) is 51.8 Å². The molecule has 0 bridgehead atoms. The first kappa shape index (κ1) is 17.9. The smallest absolute Gasteiger partial charge is 0.268 e. The van der Waals surface area contributed by atoms with Crippen LogP contribution in [0, 0.1) is 0 Å². The molecule has 3 heterocycles. The van der Waals surface area contributed by atoms with E-state index < -0.39 is 6.04 Å². The summed E-state index contributed by atoms with van der Waals surface area (Å²) in [5.74, 6) is -0.565. The number of amides is 2. The SMILES string of the molecule is CN(C)C(=O)C(Cc1cccnc1)NC(=O)c1cc2cc(Cl)ncc2[nH]1. The van der Waals surface area contributed by atoms with Crippen LogP contribution in [0.3, 0.4) is 0 Å². The number of fused-ring (bicyclic) bond motifs is 1. The summed E-state index contributed by atoms with van der Waals surface area (Å²) in [4.78, 5) is 37.6. The first-order valence-corrected chi connectivity index (χ1v) is 8.37. The molecule has 0 aliphatic heterocycles. The monoisotopic (exact) mass is 371 g/mol. The van der Waals surface area contributed by atoms with Gasteiger partial charge in [0.05, 0.1) is 11.7 Å². The highest BCUT2D eigenvalue weighted by Gasteiger charge is 2.24. The average molecular weight is 372 g/mol. The van der Waals surface area contributed by atoms with Crippen molar-refractivity contribution in [3.8, 4) is 0 Å². The molecule has 0 aliphatic carbocycles. The molecule has 2 amide bonds. The minimum atomic E-state index is -0.699. The van der Waals surface area contributed by atoms with E-state index in [2.05, 4.69) is 20.3 Å². The molecule has 26 heavy (non-hydrogen) atoms. The Kier molecular flexibility index (Phi) is 5.18. The molecule has 0 fully saturated rings. The highest BCUT2D eigenvalue weighted by atomic mass is 35.5. The fourth-order valence-corrected chi connectivity index (χ4v) is 2.80. The third kappa shape index (κ3) is 4.00. The van der Waals surface area contributed by atoms with Gasteiger partial charge in [-0.1, -0.05) is 17.7 Å². The molecular formula is C18H18ClN5O2. The molecule has 0 radical (unpaired) electrons. The van der Waals surface area contributed by atoms with Crippen molar-refractivity contribution in [2.24, 2.45) is 0 Å². The van der Waals surface area contributed by atoms with E-state index in [0.717, 1.165) is 10.9 Å². The van der Waals surface area contributed by atoms with Crippen molar-refractivity contribution in [3.63, 3.8) is 0 Å². The Morgan fingerprint density at radius 3 is 2.81 bits per heavy atom. The summed E-state index contributed by atoms with van der Waals surface area (Å²) in [6.45, 7) is 0. The summed E-state index contributed by atoms with van der Waals surface area (Å²) in [6.07, 6.45) is 5.25. The maximum absolute atomic E-state index is 12.6. The van der Waals surface area contributed by atoms with Crippen molar-refractivity contribution < 1.29 is 9.59 Å². The molecule has 3 aromatic rings. The molecule has 134 valence electrons. The molecule has 3 rings (SSSR count). The van der Waals surface area contributed by atoms with E-state index in [9.17, 15) is 9.59 Å². The number of halogens is 1. The third-order valence-electron chi connectivity index (χ3n) is 3.92. The van der Waals surface area contributed by atoms with Gasteiger partial charge in [0.15, 0.2) is 0 Å². The topological polar surface area (TPSA) is 91.0 Å². The van der Waals surface area contributed by atoms with Crippen LogP contribution < -0.4 is 5.32 Å². The number of aromatic nitrogens is 3. The Labute approximate surface area is 155 Å². The number of carbonyl (C=O) groups is 2. The molecule has 0 spiro atoms. The summed E-state index contributed by atoms with van der Waals surface area (Å²) < 4.78 is 0. The highest BCUT2D eigenvalue weighted by Crippen LogP contribution is 2.18. The molecule has 8 heteroatoms. The van der Waals surface area contributed by atoms with Crippen molar-refractivity contribution >= 4 is 34.3 Å². The number of aromatic amines is 1. The minimum Gasteiger partial charge on any atom is -0.349 e. The maximum atomic E-state index is 12.6. The molecule has 3 aromatic heterocycles. The van der Waals surface area contributed by atoms with Crippen molar-refractivity contribution in [1.82, 2.24) is 25.2 Å². The number of rotatable bonds is 5. The van der Waals surface area contributed by atoms with Crippen LogP contribution in [0.2, 0.25) is 5.15 Å². The molecule has 1 atom stereocenters. The highest BCUT2D eigenvalue weighted by molar-refractivity contribution is 6.30. The molecule has 0 aromatic carbocycles. The van der Waals surface area contributed by atoms with E-state index in [1.165, 1.54) is 4.90 Å². The van der Waals surface area contributed by atoms with Gasteiger partial charge in [0.25, 0.3) is 5.91 Å². The number of pyridine rings is 2. The standard InChI is InChI=1S/C18H18ClN5O2/c1-24(2)18(26)14(6-11-4-3-5-20-9-11)23-17(25)13-7-12-8-16(19)21-10-15(12)22-13/h3-5,7-10,14,22H,6H2,1-2H3,(H,23,25). The minimum absolute atomic E-state index is 0.192. The van der Waals surface area contributed by atoms with Gasteiger partial charge >= 0.3 is 0 Å². The summed E-state index contributed by atoms with van der Waals surface area (Å²) in [5, 5.41) is 3.92. The quantitative estimate of drug-likeness (QED) is 0.671. The summed E-state index contributed by atoms with van der Waals surface area (Å²) >= 11 is 5.88. The van der Waals surface area contributed by atoms with E-state index in [1.54, 1.807) is 50.9 Å². The summed E-state index contributed by atoms with van der Waals surface area (Å²) in [7, 11) is 3.31. The second-order valence-electron chi connectivity index (χ2n) is 6.10. The molecular weight excluding hydrogens is 354 g/mol. The lowest BCUT2D eigenvalue weighted by Crippen LogP contribution is -2.47. The van der Waals surface area contributed by atoms with Crippen molar-refractivity contribution in [3.05, 3.63) is 59.3 Å². The van der Waals surface area contributed by atoms with Gasteiger partial charge < -0.3 is 15.2 Å². The van der Waals surface area contributed by atoms with Crippen molar-refractivity contribution in [2.75, 3.05) is 14.1 Å². The fraction of sp³-hybridized carbons (Fsp3) is 0.222. The van der Waals surface area contributed by atoms with Gasteiger partial charge in [0, 0.05) is 38.3 Å². The lowest BCUT2D eigenvalue weighted by atomic mass is 10.1. The van der Waals surface area contributed by atoms with Crippen LogP contribution in [-0.2, 0) is 11.2 Å². The first-order valence-electron chi connectivity index (χ1n) is 7.99. The Hall–Kier alpha value is -2.93. The van der Waals surface area contributed by atoms with E-state index in [4.69, 9.17) is 11.6 Å². The van der Waals surface area contributed by atoms with Crippen LogP contribution in [0.1, 0.15) is 16.1 Å². The summed E-state index contributed by atoms with van der Waals surface area (Å²) in [5.41, 5.74) is 1.90. The third-order valence-corrected chi connectivity index (χ3v) is 4.13. The van der Waals surface area contributed by atoms with Gasteiger partial charge in [-0.3, -0.25) is 14.6 Å². The molecule has 0 saturated carbocycles. The molecule has 0 saturated heterocycles. The summed E-state index contributed by atoms with van der Waals surface area (Å²) in [6, 6.07) is 6.31. The zero-order chi connectivity index (χ0) is 18.7. The molecule has 0 aliphatic rings. The number of nitrogens with one attached hydrogen (secondary N) is 2. The molecule has 2 N–H and O–H groups in total. The zero-order valence-electron chi connectivity index (χ0n) is 14.4.